The van der Waals surface area contributed by atoms with Crippen LogP contribution in [0.3, 0.4) is 0 Å². The molecule has 3 nitrogen and oxygen atoms in total. The molecule has 2 rings (SSSR count). The smallest absolute Gasteiger partial charge is 0.228 e. The zero-order valence-corrected chi connectivity index (χ0v) is 13.1. The Hall–Kier alpha value is -0.390. The molecule has 0 aliphatic carbocycles. The van der Waals surface area contributed by atoms with Crippen molar-refractivity contribution in [2.75, 3.05) is 13.7 Å². The first-order chi connectivity index (χ1) is 8.61. The highest BCUT2D eigenvalue weighted by Crippen LogP contribution is 2.26. The van der Waals surface area contributed by atoms with Crippen molar-refractivity contribution >= 4 is 33.2 Å². The lowest BCUT2D eigenvalue weighted by atomic mass is 9.98. The second kappa shape index (κ2) is 6.17. The maximum Gasteiger partial charge on any atom is 0.228 e. The van der Waals surface area contributed by atoms with Crippen LogP contribution in [0.4, 0.5) is 0 Å². The van der Waals surface area contributed by atoms with Crippen molar-refractivity contribution in [2.24, 2.45) is 5.92 Å². The molecule has 1 amide bonds. The fraction of sp³-hybridized carbons (Fsp3) is 0.615. The molecule has 0 saturated carbocycles. The fourth-order valence-electron chi connectivity index (χ4n) is 2.36. The lowest BCUT2D eigenvalue weighted by Gasteiger charge is -2.23. The molecule has 1 aromatic rings. The zero-order valence-electron chi connectivity index (χ0n) is 10.7. The fourth-order valence-corrected chi connectivity index (χ4v) is 3.87. The standard InChI is InChI=1S/C13H18BrNO2S/c1-3-12-11(4-5-17-12)13(16)15(2)7-10-6-9(14)8-18-10/h6,8,11-12H,3-5,7H2,1-2H3. The molecule has 5 heteroatoms. The molecule has 100 valence electrons. The first-order valence-electron chi connectivity index (χ1n) is 6.21. The van der Waals surface area contributed by atoms with Gasteiger partial charge in [-0.2, -0.15) is 0 Å². The number of hydrogen-bond donors (Lipinski definition) is 0. The summed E-state index contributed by atoms with van der Waals surface area (Å²) in [6.07, 6.45) is 1.87. The van der Waals surface area contributed by atoms with E-state index in [4.69, 9.17) is 4.74 Å². The number of ether oxygens (including phenoxy) is 1. The van der Waals surface area contributed by atoms with Gasteiger partial charge in [0, 0.05) is 28.4 Å². The topological polar surface area (TPSA) is 29.5 Å². The van der Waals surface area contributed by atoms with E-state index in [9.17, 15) is 4.79 Å². The van der Waals surface area contributed by atoms with Crippen LogP contribution in [0.25, 0.3) is 0 Å². The molecule has 1 aliphatic heterocycles. The quantitative estimate of drug-likeness (QED) is 0.847. The van der Waals surface area contributed by atoms with Gasteiger partial charge in [-0.3, -0.25) is 4.79 Å². The highest BCUT2D eigenvalue weighted by molar-refractivity contribution is 9.10. The van der Waals surface area contributed by atoms with Crippen LogP contribution in [0.5, 0.6) is 0 Å². The summed E-state index contributed by atoms with van der Waals surface area (Å²) in [6.45, 7) is 3.47. The minimum atomic E-state index is 0.0448. The largest absolute Gasteiger partial charge is 0.377 e. The normalized spacial score (nSPS) is 23.3. The molecular weight excluding hydrogens is 314 g/mol. The summed E-state index contributed by atoms with van der Waals surface area (Å²) in [6, 6.07) is 2.07. The molecule has 2 unspecified atom stereocenters. The Morgan fingerprint density at radius 1 is 1.67 bits per heavy atom. The van der Waals surface area contributed by atoms with Gasteiger partial charge in [0.15, 0.2) is 0 Å². The summed E-state index contributed by atoms with van der Waals surface area (Å²) in [4.78, 5) is 15.4. The third-order valence-electron chi connectivity index (χ3n) is 3.32. The van der Waals surface area contributed by atoms with Gasteiger partial charge in [-0.1, -0.05) is 6.92 Å². The minimum absolute atomic E-state index is 0.0448. The predicted molar refractivity (Wildman–Crippen MR) is 76.6 cm³/mol. The van der Waals surface area contributed by atoms with Crippen LogP contribution in [0, 0.1) is 5.92 Å². The Bertz CT molecular complexity index is 421. The summed E-state index contributed by atoms with van der Waals surface area (Å²) in [5, 5.41) is 2.04. The number of amides is 1. The van der Waals surface area contributed by atoms with E-state index in [2.05, 4.69) is 28.9 Å². The van der Waals surface area contributed by atoms with Crippen LogP contribution in [0.1, 0.15) is 24.6 Å². The van der Waals surface area contributed by atoms with E-state index in [0.717, 1.165) is 17.3 Å². The Balaban J connectivity index is 1.96. The summed E-state index contributed by atoms with van der Waals surface area (Å²) < 4.78 is 6.67. The number of thiophene rings is 1. The van der Waals surface area contributed by atoms with E-state index in [-0.39, 0.29) is 17.9 Å². The molecule has 1 aliphatic rings. The van der Waals surface area contributed by atoms with Gasteiger partial charge in [0.2, 0.25) is 5.91 Å². The third-order valence-corrected chi connectivity index (χ3v) is 5.00. The van der Waals surface area contributed by atoms with Crippen LogP contribution >= 0.6 is 27.3 Å². The van der Waals surface area contributed by atoms with Crippen molar-refractivity contribution in [1.29, 1.82) is 0 Å². The number of carbonyl (C=O) groups is 1. The highest BCUT2D eigenvalue weighted by atomic mass is 79.9. The number of nitrogens with zero attached hydrogens (tertiary/aromatic N) is 1. The maximum absolute atomic E-state index is 12.4. The van der Waals surface area contributed by atoms with E-state index in [0.29, 0.717) is 13.2 Å². The lowest BCUT2D eigenvalue weighted by Crippen LogP contribution is -2.36. The summed E-state index contributed by atoms with van der Waals surface area (Å²) in [7, 11) is 1.88. The molecular formula is C13H18BrNO2S. The van der Waals surface area contributed by atoms with Crippen molar-refractivity contribution in [3.63, 3.8) is 0 Å². The molecule has 0 radical (unpaired) electrons. The SMILES string of the molecule is CCC1OCCC1C(=O)N(C)Cc1cc(Br)cs1. The number of carbonyl (C=O) groups excluding carboxylic acids is 1. The predicted octanol–water partition coefficient (Wildman–Crippen LogP) is 3.28. The number of hydrogen-bond acceptors (Lipinski definition) is 3. The van der Waals surface area contributed by atoms with Crippen molar-refractivity contribution in [3.8, 4) is 0 Å². The van der Waals surface area contributed by atoms with Crippen molar-refractivity contribution < 1.29 is 9.53 Å². The van der Waals surface area contributed by atoms with Gasteiger partial charge in [-0.05, 0) is 34.8 Å². The van der Waals surface area contributed by atoms with Gasteiger partial charge >= 0.3 is 0 Å². The minimum Gasteiger partial charge on any atom is -0.377 e. The second-order valence-electron chi connectivity index (χ2n) is 4.64. The van der Waals surface area contributed by atoms with Gasteiger partial charge in [0.05, 0.1) is 18.6 Å². The second-order valence-corrected chi connectivity index (χ2v) is 6.55. The first-order valence-corrected chi connectivity index (χ1v) is 7.88. The summed E-state index contributed by atoms with van der Waals surface area (Å²) in [5.74, 6) is 0.257. The van der Waals surface area contributed by atoms with Crippen LogP contribution in [0.15, 0.2) is 15.9 Å². The molecule has 0 spiro atoms. The van der Waals surface area contributed by atoms with Crippen LogP contribution < -0.4 is 0 Å². The average molecular weight is 332 g/mol. The first kappa shape index (κ1) is 14.0. The average Bonchev–Trinajstić information content (AvgIpc) is 2.96. The van der Waals surface area contributed by atoms with E-state index in [1.165, 1.54) is 4.88 Å². The molecule has 1 fully saturated rings. The lowest BCUT2D eigenvalue weighted by molar-refractivity contribution is -0.136. The van der Waals surface area contributed by atoms with Gasteiger partial charge in [-0.15, -0.1) is 11.3 Å². The maximum atomic E-state index is 12.4. The van der Waals surface area contributed by atoms with E-state index in [1.54, 1.807) is 11.3 Å². The van der Waals surface area contributed by atoms with Gasteiger partial charge < -0.3 is 9.64 Å². The molecule has 1 aromatic heterocycles. The molecule has 1 saturated heterocycles. The molecule has 2 heterocycles. The molecule has 0 bridgehead atoms. The van der Waals surface area contributed by atoms with E-state index in [1.807, 2.05) is 17.3 Å². The van der Waals surface area contributed by atoms with Gasteiger partial charge in [-0.25, -0.2) is 0 Å². The van der Waals surface area contributed by atoms with Crippen molar-refractivity contribution in [1.82, 2.24) is 4.90 Å². The van der Waals surface area contributed by atoms with Crippen LogP contribution in [0.2, 0.25) is 0 Å². The number of halogens is 1. The van der Waals surface area contributed by atoms with Gasteiger partial charge in [0.25, 0.3) is 0 Å². The Morgan fingerprint density at radius 2 is 2.44 bits per heavy atom. The van der Waals surface area contributed by atoms with E-state index < -0.39 is 0 Å². The Kier molecular flexibility index (Phi) is 4.81. The van der Waals surface area contributed by atoms with Gasteiger partial charge in [0.1, 0.15) is 0 Å². The van der Waals surface area contributed by atoms with Crippen molar-refractivity contribution in [2.45, 2.75) is 32.4 Å². The molecule has 0 aromatic carbocycles. The highest BCUT2D eigenvalue weighted by Gasteiger charge is 2.34. The molecule has 18 heavy (non-hydrogen) atoms. The zero-order chi connectivity index (χ0) is 13.1. The third kappa shape index (κ3) is 3.13. The molecule has 0 N–H and O–H groups in total. The summed E-state index contributed by atoms with van der Waals surface area (Å²) >= 11 is 5.11. The van der Waals surface area contributed by atoms with Crippen LogP contribution in [-0.2, 0) is 16.1 Å². The van der Waals surface area contributed by atoms with Crippen LogP contribution in [-0.4, -0.2) is 30.6 Å². The van der Waals surface area contributed by atoms with E-state index >= 15 is 0 Å². The Labute approximate surface area is 120 Å². The summed E-state index contributed by atoms with van der Waals surface area (Å²) in [5.41, 5.74) is 0. The van der Waals surface area contributed by atoms with Crippen molar-refractivity contribution in [3.05, 3.63) is 20.8 Å². The molecule has 2 atom stereocenters. The number of rotatable bonds is 4. The Morgan fingerprint density at radius 3 is 3.06 bits per heavy atom. The monoisotopic (exact) mass is 331 g/mol.